The molecule has 1 rings (SSSR count). The molecule has 0 spiro atoms. The Kier molecular flexibility index (Phi) is 6.89. The van der Waals surface area contributed by atoms with Crippen LogP contribution < -0.4 is 16.2 Å². The highest BCUT2D eigenvalue weighted by Gasteiger charge is 2.17. The summed E-state index contributed by atoms with van der Waals surface area (Å²) in [5.41, 5.74) is 14.2. The largest absolute Gasteiger partial charge is 0.494 e. The summed E-state index contributed by atoms with van der Waals surface area (Å²) >= 11 is 0. The van der Waals surface area contributed by atoms with Crippen molar-refractivity contribution in [3.8, 4) is 5.75 Å². The summed E-state index contributed by atoms with van der Waals surface area (Å²) in [6, 6.07) is 6.48. The molecule has 1 aromatic carbocycles. The smallest absolute Gasteiger partial charge is 0.122 e. The molecule has 0 aromatic heterocycles. The second-order valence-corrected chi connectivity index (χ2v) is 5.14. The van der Waals surface area contributed by atoms with Crippen molar-refractivity contribution in [1.29, 1.82) is 0 Å². The number of rotatable bonds is 8. The zero-order chi connectivity index (χ0) is 14.3. The van der Waals surface area contributed by atoms with Gasteiger partial charge in [-0.1, -0.05) is 26.0 Å². The molecule has 1 aromatic rings. The molecule has 108 valence electrons. The molecule has 0 aliphatic rings. The highest BCUT2D eigenvalue weighted by molar-refractivity contribution is 5.37. The number of ether oxygens (including phenoxy) is 1. The Morgan fingerprint density at radius 1 is 1.16 bits per heavy atom. The maximum atomic E-state index is 5.78. The van der Waals surface area contributed by atoms with E-state index in [-0.39, 0.29) is 0 Å². The van der Waals surface area contributed by atoms with Crippen molar-refractivity contribution < 1.29 is 4.74 Å². The van der Waals surface area contributed by atoms with Crippen LogP contribution in [0.15, 0.2) is 18.2 Å². The molecule has 4 N–H and O–H groups in total. The van der Waals surface area contributed by atoms with Gasteiger partial charge in [0.1, 0.15) is 5.75 Å². The van der Waals surface area contributed by atoms with Crippen LogP contribution in [-0.4, -0.2) is 19.7 Å². The van der Waals surface area contributed by atoms with Crippen molar-refractivity contribution in [2.75, 3.05) is 19.7 Å². The molecule has 0 aliphatic carbocycles. The molecule has 19 heavy (non-hydrogen) atoms. The standard InChI is InChI=1S/C16H28N2O/c1-4-13-6-7-16(19-5-2)14(9-13)8-12(3)15(10-17)11-18/h6-7,9,12,15H,4-5,8,10-11,17-18H2,1-3H3. The van der Waals surface area contributed by atoms with Gasteiger partial charge in [-0.2, -0.15) is 0 Å². The third-order valence-electron chi connectivity index (χ3n) is 3.79. The van der Waals surface area contributed by atoms with Crippen molar-refractivity contribution in [1.82, 2.24) is 0 Å². The van der Waals surface area contributed by atoms with Gasteiger partial charge in [-0.15, -0.1) is 0 Å². The third-order valence-corrected chi connectivity index (χ3v) is 3.79. The van der Waals surface area contributed by atoms with E-state index in [4.69, 9.17) is 16.2 Å². The average Bonchev–Trinajstić information content (AvgIpc) is 2.42. The van der Waals surface area contributed by atoms with Gasteiger partial charge in [0.25, 0.3) is 0 Å². The molecule has 1 unspecified atom stereocenters. The Morgan fingerprint density at radius 3 is 2.37 bits per heavy atom. The average molecular weight is 264 g/mol. The molecule has 0 radical (unpaired) electrons. The van der Waals surface area contributed by atoms with Crippen molar-refractivity contribution >= 4 is 0 Å². The van der Waals surface area contributed by atoms with Crippen LogP contribution in [0.2, 0.25) is 0 Å². The fourth-order valence-electron chi connectivity index (χ4n) is 2.38. The molecular weight excluding hydrogens is 236 g/mol. The Bertz CT molecular complexity index is 375. The van der Waals surface area contributed by atoms with E-state index in [9.17, 15) is 0 Å². The van der Waals surface area contributed by atoms with Crippen molar-refractivity contribution in [3.63, 3.8) is 0 Å². The number of hydrogen-bond donors (Lipinski definition) is 2. The van der Waals surface area contributed by atoms with Gasteiger partial charge in [-0.05, 0) is 61.9 Å². The summed E-state index contributed by atoms with van der Waals surface area (Å²) in [7, 11) is 0. The van der Waals surface area contributed by atoms with E-state index in [1.54, 1.807) is 0 Å². The first-order valence-electron chi connectivity index (χ1n) is 7.30. The van der Waals surface area contributed by atoms with Gasteiger partial charge in [0.2, 0.25) is 0 Å². The molecule has 1 atom stereocenters. The summed E-state index contributed by atoms with van der Waals surface area (Å²) in [5.74, 6) is 1.85. The zero-order valence-corrected chi connectivity index (χ0v) is 12.5. The van der Waals surface area contributed by atoms with Crippen molar-refractivity contribution in [2.45, 2.75) is 33.6 Å². The van der Waals surface area contributed by atoms with E-state index in [0.29, 0.717) is 31.5 Å². The minimum atomic E-state index is 0.375. The van der Waals surface area contributed by atoms with Crippen molar-refractivity contribution in [3.05, 3.63) is 29.3 Å². The van der Waals surface area contributed by atoms with Crippen LogP contribution in [0.1, 0.15) is 31.9 Å². The minimum absolute atomic E-state index is 0.375. The number of nitrogens with two attached hydrogens (primary N) is 2. The second kappa shape index (κ2) is 8.18. The Labute approximate surface area is 117 Å². The van der Waals surface area contributed by atoms with Crippen LogP contribution in [-0.2, 0) is 12.8 Å². The van der Waals surface area contributed by atoms with Gasteiger partial charge < -0.3 is 16.2 Å². The molecule has 0 aliphatic heterocycles. The third kappa shape index (κ3) is 4.51. The Hall–Kier alpha value is -1.06. The molecule has 0 heterocycles. The molecular formula is C16H28N2O. The lowest BCUT2D eigenvalue weighted by Crippen LogP contribution is -2.30. The van der Waals surface area contributed by atoms with Crippen LogP contribution in [0.4, 0.5) is 0 Å². The minimum Gasteiger partial charge on any atom is -0.494 e. The molecule has 3 heteroatoms. The van der Waals surface area contributed by atoms with E-state index in [0.717, 1.165) is 18.6 Å². The van der Waals surface area contributed by atoms with Crippen LogP contribution >= 0.6 is 0 Å². The van der Waals surface area contributed by atoms with E-state index in [2.05, 4.69) is 32.0 Å². The van der Waals surface area contributed by atoms with Gasteiger partial charge in [-0.25, -0.2) is 0 Å². The Balaban J connectivity index is 2.89. The number of hydrogen-bond acceptors (Lipinski definition) is 3. The fraction of sp³-hybridized carbons (Fsp3) is 0.625. The monoisotopic (exact) mass is 264 g/mol. The predicted molar refractivity (Wildman–Crippen MR) is 81.5 cm³/mol. The molecule has 0 bridgehead atoms. The van der Waals surface area contributed by atoms with E-state index in [1.807, 2.05) is 6.92 Å². The normalized spacial score (nSPS) is 12.7. The van der Waals surface area contributed by atoms with Gasteiger partial charge in [0.15, 0.2) is 0 Å². The highest BCUT2D eigenvalue weighted by atomic mass is 16.5. The van der Waals surface area contributed by atoms with E-state index in [1.165, 1.54) is 11.1 Å². The van der Waals surface area contributed by atoms with Gasteiger partial charge in [0, 0.05) is 0 Å². The van der Waals surface area contributed by atoms with E-state index < -0.39 is 0 Å². The van der Waals surface area contributed by atoms with Crippen LogP contribution in [0.25, 0.3) is 0 Å². The molecule has 3 nitrogen and oxygen atoms in total. The number of benzene rings is 1. The summed E-state index contributed by atoms with van der Waals surface area (Å²) in [5, 5.41) is 0. The lowest BCUT2D eigenvalue weighted by Gasteiger charge is -2.22. The molecule has 0 saturated carbocycles. The lowest BCUT2D eigenvalue weighted by atomic mass is 9.87. The quantitative estimate of drug-likeness (QED) is 0.757. The molecule has 0 amide bonds. The van der Waals surface area contributed by atoms with Crippen LogP contribution in [0.3, 0.4) is 0 Å². The maximum absolute atomic E-state index is 5.78. The summed E-state index contributed by atoms with van der Waals surface area (Å²) < 4.78 is 5.72. The fourth-order valence-corrected chi connectivity index (χ4v) is 2.38. The lowest BCUT2D eigenvalue weighted by molar-refractivity contribution is 0.326. The van der Waals surface area contributed by atoms with Crippen molar-refractivity contribution in [2.24, 2.45) is 23.3 Å². The summed E-state index contributed by atoms with van der Waals surface area (Å²) in [6.07, 6.45) is 2.02. The molecule has 0 fully saturated rings. The summed E-state index contributed by atoms with van der Waals surface area (Å²) in [6.45, 7) is 8.40. The second-order valence-electron chi connectivity index (χ2n) is 5.14. The van der Waals surface area contributed by atoms with Gasteiger partial charge >= 0.3 is 0 Å². The molecule has 0 saturated heterocycles. The first kappa shape index (κ1) is 16.0. The van der Waals surface area contributed by atoms with Gasteiger partial charge in [0.05, 0.1) is 6.61 Å². The zero-order valence-electron chi connectivity index (χ0n) is 12.5. The maximum Gasteiger partial charge on any atom is 0.122 e. The highest BCUT2D eigenvalue weighted by Crippen LogP contribution is 2.26. The SMILES string of the molecule is CCOc1ccc(CC)cc1CC(C)C(CN)CN. The van der Waals surface area contributed by atoms with Crippen LogP contribution in [0, 0.1) is 11.8 Å². The van der Waals surface area contributed by atoms with Gasteiger partial charge in [-0.3, -0.25) is 0 Å². The first-order valence-corrected chi connectivity index (χ1v) is 7.30. The first-order chi connectivity index (χ1) is 9.15. The summed E-state index contributed by atoms with van der Waals surface area (Å²) in [4.78, 5) is 0. The Morgan fingerprint density at radius 2 is 1.84 bits per heavy atom. The topological polar surface area (TPSA) is 61.3 Å². The van der Waals surface area contributed by atoms with E-state index >= 15 is 0 Å². The number of aryl methyl sites for hydroxylation is 1. The predicted octanol–water partition coefficient (Wildman–Crippen LogP) is 2.36. The van der Waals surface area contributed by atoms with Crippen LogP contribution in [0.5, 0.6) is 5.75 Å².